The van der Waals surface area contributed by atoms with Crippen molar-refractivity contribution in [1.29, 1.82) is 0 Å². The van der Waals surface area contributed by atoms with Crippen LogP contribution in [-0.4, -0.2) is 83.6 Å². The van der Waals surface area contributed by atoms with Gasteiger partial charge < -0.3 is 39.7 Å². The second kappa shape index (κ2) is 12.1. The van der Waals surface area contributed by atoms with Crippen molar-refractivity contribution in [3.8, 4) is 11.3 Å². The fourth-order valence-corrected chi connectivity index (χ4v) is 4.10. The standard InChI is InChI=1S/C26H32BN7O4/c1-32(2)13-14-33(3)24-10-9-18(15-22(24)30-25(35)17-38-27(36)37)29-26-28-12-11-21(31-26)20-16-34(4)23-8-6-5-7-19(20)23/h5-12,15-16,36-37H,13-14,17H2,1-4H3,(H,30,35)(H,28,29,31). The van der Waals surface area contributed by atoms with E-state index >= 15 is 0 Å². The number of aromatic nitrogens is 3. The smallest absolute Gasteiger partial charge is 0.402 e. The molecule has 0 saturated heterocycles. The van der Waals surface area contributed by atoms with E-state index in [4.69, 9.17) is 15.0 Å². The molecular formula is C26H32BN7O4. The number of amides is 1. The van der Waals surface area contributed by atoms with Crippen molar-refractivity contribution in [2.45, 2.75) is 0 Å². The van der Waals surface area contributed by atoms with Crippen molar-refractivity contribution in [2.24, 2.45) is 7.05 Å². The van der Waals surface area contributed by atoms with E-state index in [1.54, 1.807) is 12.3 Å². The topological polar surface area (TPSA) is 128 Å². The molecule has 2 aromatic carbocycles. The molecule has 38 heavy (non-hydrogen) atoms. The first-order valence-corrected chi connectivity index (χ1v) is 12.1. The van der Waals surface area contributed by atoms with Crippen LogP contribution in [0.3, 0.4) is 0 Å². The van der Waals surface area contributed by atoms with E-state index in [-0.39, 0.29) is 0 Å². The maximum Gasteiger partial charge on any atom is 0.634 e. The van der Waals surface area contributed by atoms with Crippen LogP contribution in [0.4, 0.5) is 23.0 Å². The number of likely N-dealkylation sites (N-methyl/N-ethyl adjacent to an activating group) is 2. The zero-order valence-electron chi connectivity index (χ0n) is 21.9. The highest BCUT2D eigenvalue weighted by Crippen LogP contribution is 2.31. The number of nitrogens with one attached hydrogen (secondary N) is 2. The van der Waals surface area contributed by atoms with Crippen LogP contribution in [0.15, 0.2) is 60.9 Å². The Morgan fingerprint density at radius 2 is 1.89 bits per heavy atom. The fraction of sp³-hybridized carbons (Fsp3) is 0.269. The lowest BCUT2D eigenvalue weighted by atomic mass is 10.1. The summed E-state index contributed by atoms with van der Waals surface area (Å²) >= 11 is 0. The molecule has 1 amide bonds. The summed E-state index contributed by atoms with van der Waals surface area (Å²) in [6.07, 6.45) is 3.75. The van der Waals surface area contributed by atoms with Crippen molar-refractivity contribution >= 4 is 47.1 Å². The van der Waals surface area contributed by atoms with Crippen LogP contribution in [0.2, 0.25) is 0 Å². The van der Waals surface area contributed by atoms with Gasteiger partial charge in [-0.25, -0.2) is 9.97 Å². The molecular weight excluding hydrogens is 485 g/mol. The minimum atomic E-state index is -2.03. The van der Waals surface area contributed by atoms with Gasteiger partial charge in [-0.2, -0.15) is 0 Å². The first-order valence-electron chi connectivity index (χ1n) is 12.1. The van der Waals surface area contributed by atoms with Crippen LogP contribution in [0.25, 0.3) is 22.2 Å². The van der Waals surface area contributed by atoms with Crippen molar-refractivity contribution in [3.63, 3.8) is 0 Å². The van der Waals surface area contributed by atoms with Crippen LogP contribution in [0, 0.1) is 0 Å². The van der Waals surface area contributed by atoms with Gasteiger partial charge >= 0.3 is 7.32 Å². The predicted octanol–water partition coefficient (Wildman–Crippen LogP) is 2.30. The zero-order valence-corrected chi connectivity index (χ0v) is 21.9. The van der Waals surface area contributed by atoms with Gasteiger partial charge in [0.2, 0.25) is 11.9 Å². The Kier molecular flexibility index (Phi) is 8.59. The Hall–Kier alpha value is -3.97. The molecule has 4 rings (SSSR count). The molecule has 2 heterocycles. The molecule has 4 N–H and O–H groups in total. The Bertz CT molecular complexity index is 1410. The maximum atomic E-state index is 12.4. The Morgan fingerprint density at radius 3 is 2.66 bits per heavy atom. The molecule has 0 saturated carbocycles. The molecule has 0 spiro atoms. The normalized spacial score (nSPS) is 11.1. The summed E-state index contributed by atoms with van der Waals surface area (Å²) in [5.74, 6) is -0.111. The van der Waals surface area contributed by atoms with E-state index in [1.807, 2.05) is 69.6 Å². The van der Waals surface area contributed by atoms with Crippen molar-refractivity contribution in [1.82, 2.24) is 19.4 Å². The molecule has 12 heteroatoms. The van der Waals surface area contributed by atoms with E-state index in [1.165, 1.54) is 0 Å². The second-order valence-electron chi connectivity index (χ2n) is 9.20. The van der Waals surface area contributed by atoms with Gasteiger partial charge in [-0.05, 0) is 44.4 Å². The lowest BCUT2D eigenvalue weighted by Gasteiger charge is -2.25. The van der Waals surface area contributed by atoms with E-state index in [0.717, 1.165) is 40.9 Å². The van der Waals surface area contributed by atoms with Gasteiger partial charge in [0.1, 0.15) is 6.61 Å². The van der Waals surface area contributed by atoms with Crippen LogP contribution in [-0.2, 0) is 16.5 Å². The number of aryl methyl sites for hydroxylation is 1. The molecule has 11 nitrogen and oxygen atoms in total. The lowest BCUT2D eigenvalue weighted by molar-refractivity contribution is -0.118. The molecule has 2 aromatic heterocycles. The van der Waals surface area contributed by atoms with Gasteiger partial charge in [-0.3, -0.25) is 4.79 Å². The summed E-state index contributed by atoms with van der Waals surface area (Å²) in [5.41, 5.74) is 4.90. The quantitative estimate of drug-likeness (QED) is 0.222. The van der Waals surface area contributed by atoms with E-state index in [9.17, 15) is 4.79 Å². The molecule has 0 unspecified atom stereocenters. The summed E-state index contributed by atoms with van der Waals surface area (Å²) in [6, 6.07) is 15.6. The first kappa shape index (κ1) is 27.1. The third kappa shape index (κ3) is 6.67. The summed E-state index contributed by atoms with van der Waals surface area (Å²) < 4.78 is 6.68. The monoisotopic (exact) mass is 517 g/mol. The Labute approximate surface area is 221 Å². The third-order valence-electron chi connectivity index (χ3n) is 6.01. The van der Waals surface area contributed by atoms with Gasteiger partial charge in [0.15, 0.2) is 0 Å². The molecule has 0 radical (unpaired) electrons. The molecule has 0 bridgehead atoms. The van der Waals surface area contributed by atoms with Gasteiger partial charge in [-0.15, -0.1) is 0 Å². The van der Waals surface area contributed by atoms with Crippen molar-refractivity contribution in [3.05, 3.63) is 60.9 Å². The fourth-order valence-electron chi connectivity index (χ4n) is 4.10. The lowest BCUT2D eigenvalue weighted by Crippen LogP contribution is -2.30. The van der Waals surface area contributed by atoms with Crippen molar-refractivity contribution in [2.75, 3.05) is 56.4 Å². The molecule has 4 aromatic rings. The van der Waals surface area contributed by atoms with Gasteiger partial charge in [-0.1, -0.05) is 18.2 Å². The number of nitrogens with zero attached hydrogens (tertiary/aromatic N) is 5. The largest absolute Gasteiger partial charge is 0.634 e. The number of hydrogen-bond donors (Lipinski definition) is 4. The van der Waals surface area contributed by atoms with Gasteiger partial charge in [0.05, 0.1) is 17.1 Å². The minimum Gasteiger partial charge on any atom is -0.402 e. The average molecular weight is 517 g/mol. The predicted molar refractivity (Wildman–Crippen MR) is 150 cm³/mol. The minimum absolute atomic E-state index is 0.410. The number of para-hydroxylation sites is 1. The number of fused-ring (bicyclic) bond motifs is 1. The van der Waals surface area contributed by atoms with Gasteiger partial charge in [0.25, 0.3) is 0 Å². The molecule has 0 atom stereocenters. The molecule has 0 fully saturated rings. The maximum absolute atomic E-state index is 12.4. The van der Waals surface area contributed by atoms with Crippen LogP contribution in [0.1, 0.15) is 0 Å². The van der Waals surface area contributed by atoms with E-state index in [2.05, 4.69) is 41.9 Å². The van der Waals surface area contributed by atoms with Gasteiger partial charge in [0, 0.05) is 61.7 Å². The number of rotatable bonds is 11. The number of carbonyl (C=O) groups is 1. The molecule has 0 aliphatic carbocycles. The number of benzene rings is 2. The van der Waals surface area contributed by atoms with E-state index in [0.29, 0.717) is 17.3 Å². The summed E-state index contributed by atoms with van der Waals surface area (Å²) in [4.78, 5) is 25.6. The summed E-state index contributed by atoms with van der Waals surface area (Å²) in [7, 11) is 5.90. The summed E-state index contributed by atoms with van der Waals surface area (Å²) in [6.45, 7) is 1.04. The second-order valence-corrected chi connectivity index (χ2v) is 9.20. The highest BCUT2D eigenvalue weighted by atomic mass is 16.6. The first-order chi connectivity index (χ1) is 18.2. The third-order valence-corrected chi connectivity index (χ3v) is 6.01. The highest BCUT2D eigenvalue weighted by molar-refractivity contribution is 6.33. The van der Waals surface area contributed by atoms with E-state index < -0.39 is 19.8 Å². The Morgan fingerprint density at radius 1 is 1.11 bits per heavy atom. The Balaban J connectivity index is 1.60. The van der Waals surface area contributed by atoms with Crippen LogP contribution < -0.4 is 15.5 Å². The average Bonchev–Trinajstić information content (AvgIpc) is 3.23. The number of hydrogen-bond acceptors (Lipinski definition) is 9. The van der Waals surface area contributed by atoms with Crippen LogP contribution >= 0.6 is 0 Å². The van der Waals surface area contributed by atoms with Crippen molar-refractivity contribution < 1.29 is 19.5 Å². The molecule has 0 aliphatic rings. The number of anilines is 4. The highest BCUT2D eigenvalue weighted by Gasteiger charge is 2.16. The zero-order chi connectivity index (χ0) is 27.2. The molecule has 0 aliphatic heterocycles. The SMILES string of the molecule is CN(C)CCN(C)c1ccc(Nc2nccc(-c3cn(C)c4ccccc34)n2)cc1NC(=O)COB(O)O. The molecule has 198 valence electrons. The number of carbonyl (C=O) groups excluding carboxylic acids is 1. The van der Waals surface area contributed by atoms with Crippen LogP contribution in [0.5, 0.6) is 0 Å². The summed E-state index contributed by atoms with van der Waals surface area (Å²) in [5, 5.41) is 25.0.